The smallest absolute Gasteiger partial charge is 0.307 e. The van der Waals surface area contributed by atoms with E-state index in [0.717, 1.165) is 11.3 Å². The van der Waals surface area contributed by atoms with Gasteiger partial charge in [0.15, 0.2) is 0 Å². The molecule has 0 fully saturated rings. The molecule has 1 heterocycles. The number of aromatic nitrogens is 2. The Labute approximate surface area is 120 Å². The minimum Gasteiger partial charge on any atom is -0.481 e. The van der Waals surface area contributed by atoms with Gasteiger partial charge in [-0.3, -0.25) is 9.48 Å². The molecule has 1 N–H and O–H groups in total. The molecule has 2 rings (SSSR count). The van der Waals surface area contributed by atoms with Gasteiger partial charge in [-0.05, 0) is 31.5 Å². The SMILES string of the molecule is Cc1nn(Cc2ccc(F)cc2Cl)c(C)c1CC(=O)O. The topological polar surface area (TPSA) is 55.1 Å². The summed E-state index contributed by atoms with van der Waals surface area (Å²) in [4.78, 5) is 10.8. The summed E-state index contributed by atoms with van der Waals surface area (Å²) in [5.74, 6) is -1.28. The van der Waals surface area contributed by atoms with E-state index < -0.39 is 11.8 Å². The Bertz CT molecular complexity index is 667. The number of hydrogen-bond donors (Lipinski definition) is 1. The molecule has 106 valence electrons. The van der Waals surface area contributed by atoms with Crippen molar-refractivity contribution in [2.24, 2.45) is 0 Å². The monoisotopic (exact) mass is 296 g/mol. The van der Waals surface area contributed by atoms with E-state index in [1.165, 1.54) is 12.1 Å². The summed E-state index contributed by atoms with van der Waals surface area (Å²) < 4.78 is 14.7. The molecule has 0 spiro atoms. The van der Waals surface area contributed by atoms with Crippen molar-refractivity contribution in [1.82, 2.24) is 9.78 Å². The zero-order valence-corrected chi connectivity index (χ0v) is 11.9. The van der Waals surface area contributed by atoms with E-state index in [9.17, 15) is 9.18 Å². The molecular formula is C14H14ClFN2O2. The van der Waals surface area contributed by atoms with E-state index in [4.69, 9.17) is 16.7 Å². The quantitative estimate of drug-likeness (QED) is 0.943. The second-order valence-corrected chi connectivity index (χ2v) is 5.02. The summed E-state index contributed by atoms with van der Waals surface area (Å²) in [7, 11) is 0. The van der Waals surface area contributed by atoms with E-state index in [0.29, 0.717) is 22.8 Å². The van der Waals surface area contributed by atoms with Crippen LogP contribution < -0.4 is 0 Å². The lowest BCUT2D eigenvalue weighted by atomic mass is 10.1. The number of carboxylic acids is 1. The van der Waals surface area contributed by atoms with Gasteiger partial charge in [-0.15, -0.1) is 0 Å². The fraction of sp³-hybridized carbons (Fsp3) is 0.286. The summed E-state index contributed by atoms with van der Waals surface area (Å²) >= 11 is 5.99. The van der Waals surface area contributed by atoms with Crippen LogP contribution in [0.1, 0.15) is 22.5 Å². The Balaban J connectivity index is 2.32. The molecule has 0 bridgehead atoms. The summed E-state index contributed by atoms with van der Waals surface area (Å²) in [6.45, 7) is 3.97. The third-order valence-corrected chi connectivity index (χ3v) is 3.55. The van der Waals surface area contributed by atoms with Gasteiger partial charge in [-0.25, -0.2) is 4.39 Å². The second kappa shape index (κ2) is 5.63. The van der Waals surface area contributed by atoms with Crippen LogP contribution in [0.5, 0.6) is 0 Å². The third kappa shape index (κ3) is 2.99. The fourth-order valence-electron chi connectivity index (χ4n) is 2.11. The second-order valence-electron chi connectivity index (χ2n) is 4.61. The van der Waals surface area contributed by atoms with Gasteiger partial charge < -0.3 is 5.11 Å². The molecule has 0 aliphatic carbocycles. The highest BCUT2D eigenvalue weighted by molar-refractivity contribution is 6.31. The molecule has 4 nitrogen and oxygen atoms in total. The first-order valence-electron chi connectivity index (χ1n) is 6.07. The van der Waals surface area contributed by atoms with Crippen LogP contribution >= 0.6 is 11.6 Å². The number of carboxylic acid groups (broad SMARTS) is 1. The standard InChI is InChI=1S/C14H14ClFN2O2/c1-8-12(6-14(19)20)9(2)18(17-8)7-10-3-4-11(16)5-13(10)15/h3-5H,6-7H2,1-2H3,(H,19,20). The number of rotatable bonds is 4. The molecule has 0 radical (unpaired) electrons. The van der Waals surface area contributed by atoms with Crippen LogP contribution in [0.25, 0.3) is 0 Å². The van der Waals surface area contributed by atoms with Gasteiger partial charge in [0.25, 0.3) is 0 Å². The maximum Gasteiger partial charge on any atom is 0.307 e. The van der Waals surface area contributed by atoms with Crippen molar-refractivity contribution in [1.29, 1.82) is 0 Å². The van der Waals surface area contributed by atoms with Gasteiger partial charge in [0.05, 0.1) is 18.7 Å². The number of aryl methyl sites for hydroxylation is 1. The minimum absolute atomic E-state index is 0.0607. The molecule has 2 aromatic rings. The molecule has 0 aliphatic heterocycles. The van der Waals surface area contributed by atoms with Crippen LogP contribution in [-0.2, 0) is 17.8 Å². The number of benzene rings is 1. The molecule has 0 saturated carbocycles. The predicted molar refractivity (Wildman–Crippen MR) is 73.6 cm³/mol. The lowest BCUT2D eigenvalue weighted by Crippen LogP contribution is -2.06. The summed E-state index contributed by atoms with van der Waals surface area (Å²) in [5.41, 5.74) is 2.91. The molecule has 1 aromatic carbocycles. The predicted octanol–water partition coefficient (Wildman–Crippen LogP) is 2.97. The van der Waals surface area contributed by atoms with Crippen LogP contribution in [0, 0.1) is 19.7 Å². The van der Waals surface area contributed by atoms with Gasteiger partial charge in [0.2, 0.25) is 0 Å². The van der Waals surface area contributed by atoms with Gasteiger partial charge >= 0.3 is 5.97 Å². The van der Waals surface area contributed by atoms with E-state index >= 15 is 0 Å². The van der Waals surface area contributed by atoms with Crippen LogP contribution in [0.3, 0.4) is 0 Å². The number of halogens is 2. The molecule has 0 atom stereocenters. The van der Waals surface area contributed by atoms with Crippen LogP contribution in [0.2, 0.25) is 5.02 Å². The fourth-order valence-corrected chi connectivity index (χ4v) is 2.33. The third-order valence-electron chi connectivity index (χ3n) is 3.19. The van der Waals surface area contributed by atoms with Gasteiger partial charge in [-0.2, -0.15) is 5.10 Å². The normalized spacial score (nSPS) is 10.8. The largest absolute Gasteiger partial charge is 0.481 e. The van der Waals surface area contributed by atoms with Crippen molar-refractivity contribution in [3.63, 3.8) is 0 Å². The Kier molecular flexibility index (Phi) is 4.09. The highest BCUT2D eigenvalue weighted by atomic mass is 35.5. The molecule has 6 heteroatoms. The average Bonchev–Trinajstić information content (AvgIpc) is 2.60. The van der Waals surface area contributed by atoms with E-state index in [-0.39, 0.29) is 6.42 Å². The maximum atomic E-state index is 13.0. The lowest BCUT2D eigenvalue weighted by molar-refractivity contribution is -0.136. The van der Waals surface area contributed by atoms with Crippen molar-refractivity contribution in [2.75, 3.05) is 0 Å². The van der Waals surface area contributed by atoms with Crippen molar-refractivity contribution >= 4 is 17.6 Å². The molecule has 20 heavy (non-hydrogen) atoms. The first-order valence-corrected chi connectivity index (χ1v) is 6.45. The highest BCUT2D eigenvalue weighted by Crippen LogP contribution is 2.21. The number of nitrogens with zero attached hydrogens (tertiary/aromatic N) is 2. The Hall–Kier alpha value is -1.88. The minimum atomic E-state index is -0.893. The summed E-state index contributed by atoms with van der Waals surface area (Å²) in [6.07, 6.45) is -0.0607. The Morgan fingerprint density at radius 3 is 2.75 bits per heavy atom. The lowest BCUT2D eigenvalue weighted by Gasteiger charge is -2.07. The maximum absolute atomic E-state index is 13.0. The van der Waals surface area contributed by atoms with Gasteiger partial charge in [0.1, 0.15) is 5.82 Å². The Morgan fingerprint density at radius 2 is 2.15 bits per heavy atom. The van der Waals surface area contributed by atoms with Crippen molar-refractivity contribution < 1.29 is 14.3 Å². The van der Waals surface area contributed by atoms with Crippen LogP contribution in [0.15, 0.2) is 18.2 Å². The summed E-state index contributed by atoms with van der Waals surface area (Å²) in [6, 6.07) is 4.19. The molecule has 0 aliphatic rings. The van der Waals surface area contributed by atoms with Crippen LogP contribution in [-0.4, -0.2) is 20.9 Å². The van der Waals surface area contributed by atoms with Crippen molar-refractivity contribution in [3.05, 3.63) is 51.6 Å². The zero-order chi connectivity index (χ0) is 14.9. The van der Waals surface area contributed by atoms with Crippen molar-refractivity contribution in [3.8, 4) is 0 Å². The van der Waals surface area contributed by atoms with Gasteiger partial charge in [-0.1, -0.05) is 17.7 Å². The van der Waals surface area contributed by atoms with E-state index in [1.54, 1.807) is 17.7 Å². The molecule has 0 unspecified atom stereocenters. The van der Waals surface area contributed by atoms with E-state index in [2.05, 4.69) is 5.10 Å². The first-order chi connectivity index (χ1) is 9.38. The molecule has 0 saturated heterocycles. The summed E-state index contributed by atoms with van der Waals surface area (Å²) in [5, 5.41) is 13.5. The zero-order valence-electron chi connectivity index (χ0n) is 11.2. The van der Waals surface area contributed by atoms with E-state index in [1.807, 2.05) is 6.92 Å². The van der Waals surface area contributed by atoms with Crippen molar-refractivity contribution in [2.45, 2.75) is 26.8 Å². The molecule has 1 aromatic heterocycles. The molecule has 0 amide bonds. The number of hydrogen-bond acceptors (Lipinski definition) is 2. The highest BCUT2D eigenvalue weighted by Gasteiger charge is 2.15. The molecular weight excluding hydrogens is 283 g/mol. The van der Waals surface area contributed by atoms with Crippen LogP contribution in [0.4, 0.5) is 4.39 Å². The Morgan fingerprint density at radius 1 is 1.45 bits per heavy atom. The number of aliphatic carboxylic acids is 1. The number of carbonyl (C=O) groups is 1. The average molecular weight is 297 g/mol. The first kappa shape index (κ1) is 14.5. The van der Waals surface area contributed by atoms with Gasteiger partial charge in [0, 0.05) is 16.3 Å².